The van der Waals surface area contributed by atoms with Crippen molar-refractivity contribution in [2.75, 3.05) is 11.4 Å². The summed E-state index contributed by atoms with van der Waals surface area (Å²) in [4.78, 5) is 25.2. The lowest BCUT2D eigenvalue weighted by atomic mass is 9.96. The summed E-state index contributed by atoms with van der Waals surface area (Å²) in [6.07, 6.45) is 1.64. The average Bonchev–Trinajstić information content (AvgIpc) is 2.44. The molecule has 3 N–H and O–H groups in total. The number of hydrogen-bond donors (Lipinski definition) is 2. The van der Waals surface area contributed by atoms with Gasteiger partial charge in [-0.25, -0.2) is 4.79 Å². The van der Waals surface area contributed by atoms with E-state index in [4.69, 9.17) is 10.8 Å². The van der Waals surface area contributed by atoms with Crippen molar-refractivity contribution in [1.29, 1.82) is 0 Å². The molecular formula is C15H20N2O3. The van der Waals surface area contributed by atoms with E-state index in [0.717, 1.165) is 24.1 Å². The van der Waals surface area contributed by atoms with E-state index >= 15 is 0 Å². The molecule has 5 heteroatoms. The van der Waals surface area contributed by atoms with Crippen LogP contribution in [0.2, 0.25) is 0 Å². The van der Waals surface area contributed by atoms with E-state index < -0.39 is 5.97 Å². The normalized spacial score (nSPS) is 17.2. The molecule has 0 saturated carbocycles. The molecule has 0 spiro atoms. The van der Waals surface area contributed by atoms with Crippen molar-refractivity contribution in [1.82, 2.24) is 0 Å². The highest BCUT2D eigenvalue weighted by Gasteiger charge is 2.28. The van der Waals surface area contributed by atoms with Crippen LogP contribution < -0.4 is 10.6 Å². The van der Waals surface area contributed by atoms with Crippen LogP contribution >= 0.6 is 0 Å². The Morgan fingerprint density at radius 2 is 2.05 bits per heavy atom. The molecule has 2 atom stereocenters. The summed E-state index contributed by atoms with van der Waals surface area (Å²) in [6, 6.07) is 4.73. The third-order valence-electron chi connectivity index (χ3n) is 3.89. The molecule has 0 aromatic heterocycles. The van der Waals surface area contributed by atoms with Gasteiger partial charge >= 0.3 is 5.97 Å². The Balaban J connectivity index is 2.33. The van der Waals surface area contributed by atoms with Crippen molar-refractivity contribution in [3.63, 3.8) is 0 Å². The van der Waals surface area contributed by atoms with Crippen LogP contribution in [0.15, 0.2) is 18.2 Å². The molecule has 2 unspecified atom stereocenters. The van der Waals surface area contributed by atoms with Crippen molar-refractivity contribution < 1.29 is 14.7 Å². The number of rotatable bonds is 3. The topological polar surface area (TPSA) is 83.6 Å². The number of amides is 1. The van der Waals surface area contributed by atoms with Gasteiger partial charge in [-0.15, -0.1) is 0 Å². The van der Waals surface area contributed by atoms with Gasteiger partial charge in [-0.2, -0.15) is 0 Å². The number of hydrogen-bond acceptors (Lipinski definition) is 3. The molecule has 1 aliphatic rings. The molecule has 2 rings (SSSR count). The summed E-state index contributed by atoms with van der Waals surface area (Å²) in [6.45, 7) is 4.31. The van der Waals surface area contributed by atoms with Crippen LogP contribution in [0.4, 0.5) is 5.69 Å². The van der Waals surface area contributed by atoms with Crippen LogP contribution in [0, 0.1) is 5.92 Å². The zero-order valence-corrected chi connectivity index (χ0v) is 11.8. The first-order chi connectivity index (χ1) is 9.41. The molecule has 1 amide bonds. The number of carboxylic acids is 1. The third kappa shape index (κ3) is 2.67. The summed E-state index contributed by atoms with van der Waals surface area (Å²) in [7, 11) is 0. The molecule has 108 valence electrons. The number of carbonyl (C=O) groups excluding carboxylic acids is 1. The Kier molecular flexibility index (Phi) is 4.09. The molecule has 1 heterocycles. The number of anilines is 1. The standard InChI is InChI=1S/C15H20N2O3/c1-9(10(2)16)14(18)17-7-3-4-11-8-12(15(19)20)5-6-13(11)17/h5-6,8-10H,3-4,7,16H2,1-2H3,(H,19,20). The predicted molar refractivity (Wildman–Crippen MR) is 76.9 cm³/mol. The fourth-order valence-corrected chi connectivity index (χ4v) is 2.43. The summed E-state index contributed by atoms with van der Waals surface area (Å²) in [5, 5.41) is 9.03. The monoisotopic (exact) mass is 276 g/mol. The van der Waals surface area contributed by atoms with Gasteiger partial charge in [0.2, 0.25) is 5.91 Å². The van der Waals surface area contributed by atoms with Crippen molar-refractivity contribution >= 4 is 17.6 Å². The number of fused-ring (bicyclic) bond motifs is 1. The fraction of sp³-hybridized carbons (Fsp3) is 0.467. The third-order valence-corrected chi connectivity index (χ3v) is 3.89. The zero-order valence-electron chi connectivity index (χ0n) is 11.8. The molecule has 1 aromatic carbocycles. The molecule has 1 aromatic rings. The van der Waals surface area contributed by atoms with Gasteiger partial charge in [0.05, 0.1) is 11.5 Å². The Morgan fingerprint density at radius 3 is 2.65 bits per heavy atom. The molecule has 0 aliphatic carbocycles. The van der Waals surface area contributed by atoms with E-state index in [1.807, 2.05) is 13.8 Å². The molecule has 1 aliphatic heterocycles. The molecule has 5 nitrogen and oxygen atoms in total. The summed E-state index contributed by atoms with van der Waals surface area (Å²) < 4.78 is 0. The Labute approximate surface area is 118 Å². The molecule has 20 heavy (non-hydrogen) atoms. The smallest absolute Gasteiger partial charge is 0.335 e. The van der Waals surface area contributed by atoms with Gasteiger partial charge in [0.15, 0.2) is 0 Å². The van der Waals surface area contributed by atoms with Gasteiger partial charge in [0.25, 0.3) is 0 Å². The first kappa shape index (κ1) is 14.5. The summed E-state index contributed by atoms with van der Waals surface area (Å²) >= 11 is 0. The van der Waals surface area contributed by atoms with Crippen LogP contribution in [0.3, 0.4) is 0 Å². The Hall–Kier alpha value is -1.88. The van der Waals surface area contributed by atoms with Crippen LogP contribution in [0.1, 0.15) is 36.2 Å². The minimum Gasteiger partial charge on any atom is -0.478 e. The second-order valence-corrected chi connectivity index (χ2v) is 5.39. The average molecular weight is 276 g/mol. The van der Waals surface area contributed by atoms with Gasteiger partial charge in [0, 0.05) is 18.3 Å². The van der Waals surface area contributed by atoms with Gasteiger partial charge in [0.1, 0.15) is 0 Å². The summed E-state index contributed by atoms with van der Waals surface area (Å²) in [5.41, 5.74) is 7.80. The minimum absolute atomic E-state index is 0.00373. The number of carboxylic acid groups (broad SMARTS) is 1. The van der Waals surface area contributed by atoms with Crippen molar-refractivity contribution in [2.24, 2.45) is 11.7 Å². The molecule has 0 fully saturated rings. The molecule has 0 bridgehead atoms. The second-order valence-electron chi connectivity index (χ2n) is 5.39. The highest BCUT2D eigenvalue weighted by Crippen LogP contribution is 2.29. The number of aryl methyl sites for hydroxylation is 1. The van der Waals surface area contributed by atoms with E-state index in [9.17, 15) is 9.59 Å². The SMILES string of the molecule is CC(N)C(C)C(=O)N1CCCc2cc(C(=O)O)ccc21. The van der Waals surface area contributed by atoms with Gasteiger partial charge in [-0.1, -0.05) is 6.92 Å². The van der Waals surface area contributed by atoms with Crippen molar-refractivity contribution in [3.8, 4) is 0 Å². The highest BCUT2D eigenvalue weighted by molar-refractivity contribution is 5.97. The van der Waals surface area contributed by atoms with Crippen LogP contribution in [-0.4, -0.2) is 29.6 Å². The van der Waals surface area contributed by atoms with Crippen LogP contribution in [0.5, 0.6) is 0 Å². The van der Waals surface area contributed by atoms with E-state index in [-0.39, 0.29) is 23.4 Å². The highest BCUT2D eigenvalue weighted by atomic mass is 16.4. The number of carbonyl (C=O) groups is 2. The van der Waals surface area contributed by atoms with E-state index in [1.165, 1.54) is 0 Å². The van der Waals surface area contributed by atoms with E-state index in [0.29, 0.717) is 6.54 Å². The molecule has 0 saturated heterocycles. The zero-order chi connectivity index (χ0) is 14.9. The minimum atomic E-state index is -0.944. The van der Waals surface area contributed by atoms with Gasteiger partial charge in [-0.3, -0.25) is 4.79 Å². The number of nitrogens with zero attached hydrogens (tertiary/aromatic N) is 1. The Bertz CT molecular complexity index is 540. The van der Waals surface area contributed by atoms with Crippen molar-refractivity contribution in [2.45, 2.75) is 32.7 Å². The lowest BCUT2D eigenvalue weighted by Crippen LogP contribution is -2.44. The van der Waals surface area contributed by atoms with Crippen LogP contribution in [0.25, 0.3) is 0 Å². The largest absolute Gasteiger partial charge is 0.478 e. The van der Waals surface area contributed by atoms with Gasteiger partial charge < -0.3 is 15.7 Å². The lowest BCUT2D eigenvalue weighted by molar-refractivity contribution is -0.122. The maximum absolute atomic E-state index is 12.5. The fourth-order valence-electron chi connectivity index (χ4n) is 2.43. The number of aromatic carboxylic acids is 1. The number of nitrogens with two attached hydrogens (primary N) is 1. The first-order valence-electron chi connectivity index (χ1n) is 6.85. The first-order valence-corrected chi connectivity index (χ1v) is 6.85. The lowest BCUT2D eigenvalue weighted by Gasteiger charge is -2.32. The quantitative estimate of drug-likeness (QED) is 0.879. The molecular weight excluding hydrogens is 256 g/mol. The maximum atomic E-state index is 12.5. The molecule has 0 radical (unpaired) electrons. The van der Waals surface area contributed by atoms with E-state index in [1.54, 1.807) is 23.1 Å². The van der Waals surface area contributed by atoms with Crippen LogP contribution in [-0.2, 0) is 11.2 Å². The second kappa shape index (κ2) is 5.63. The maximum Gasteiger partial charge on any atom is 0.335 e. The number of benzene rings is 1. The Morgan fingerprint density at radius 1 is 1.35 bits per heavy atom. The predicted octanol–water partition coefficient (Wildman–Crippen LogP) is 1.65. The van der Waals surface area contributed by atoms with E-state index in [2.05, 4.69) is 0 Å². The summed E-state index contributed by atoms with van der Waals surface area (Å²) in [5.74, 6) is -1.19. The van der Waals surface area contributed by atoms with Crippen molar-refractivity contribution in [3.05, 3.63) is 29.3 Å². The van der Waals surface area contributed by atoms with Gasteiger partial charge in [-0.05, 0) is 43.5 Å².